The Kier molecular flexibility index (Phi) is 4.36. The van der Waals surface area contributed by atoms with Gasteiger partial charge in [0.25, 0.3) is 0 Å². The fourth-order valence-corrected chi connectivity index (χ4v) is 4.12. The van der Waals surface area contributed by atoms with Gasteiger partial charge in [-0.2, -0.15) is 0 Å². The van der Waals surface area contributed by atoms with Crippen LogP contribution < -0.4 is 10.6 Å². The van der Waals surface area contributed by atoms with Gasteiger partial charge in [0.05, 0.1) is 16.2 Å². The Morgan fingerprint density at radius 3 is 2.76 bits per heavy atom. The molecule has 0 saturated carbocycles. The van der Waals surface area contributed by atoms with E-state index < -0.39 is 0 Å². The number of halogens is 1. The molecule has 2 atom stereocenters. The Morgan fingerprint density at radius 1 is 1.20 bits per heavy atom. The largest absolute Gasteiger partial charge is 0.369 e. The van der Waals surface area contributed by atoms with E-state index in [1.165, 1.54) is 5.56 Å². The number of fused-ring (bicyclic) bond motifs is 1. The van der Waals surface area contributed by atoms with E-state index in [4.69, 9.17) is 17.3 Å². The van der Waals surface area contributed by atoms with Crippen LogP contribution in [0.1, 0.15) is 36.4 Å². The van der Waals surface area contributed by atoms with Crippen molar-refractivity contribution in [3.63, 3.8) is 0 Å². The highest BCUT2D eigenvalue weighted by Crippen LogP contribution is 2.40. The molecule has 25 heavy (non-hydrogen) atoms. The van der Waals surface area contributed by atoms with Crippen molar-refractivity contribution in [3.8, 4) is 0 Å². The van der Waals surface area contributed by atoms with Gasteiger partial charge in [-0.1, -0.05) is 41.9 Å². The molecule has 0 amide bonds. The molecule has 0 radical (unpaired) electrons. The third-order valence-electron chi connectivity index (χ3n) is 5.11. The minimum absolute atomic E-state index is 0.0883. The average Bonchev–Trinajstić information content (AvgIpc) is 3.12. The van der Waals surface area contributed by atoms with Crippen LogP contribution in [-0.2, 0) is 0 Å². The lowest BCUT2D eigenvalue weighted by Crippen LogP contribution is -2.23. The molecule has 1 fully saturated rings. The SMILES string of the molecule is CC(N)c1cc(Cl)c2cccnc2c1N1CCC(c2ccccc2)C1. The van der Waals surface area contributed by atoms with E-state index in [0.29, 0.717) is 5.92 Å². The highest BCUT2D eigenvalue weighted by atomic mass is 35.5. The van der Waals surface area contributed by atoms with Crippen LogP contribution in [-0.4, -0.2) is 18.1 Å². The van der Waals surface area contributed by atoms with Crippen molar-refractivity contribution in [3.05, 3.63) is 70.9 Å². The van der Waals surface area contributed by atoms with Crippen LogP contribution >= 0.6 is 11.6 Å². The summed E-state index contributed by atoms with van der Waals surface area (Å²) in [5.41, 5.74) is 10.9. The fraction of sp³-hybridized carbons (Fsp3) is 0.286. The first-order chi connectivity index (χ1) is 12.1. The summed E-state index contributed by atoms with van der Waals surface area (Å²) in [7, 11) is 0. The van der Waals surface area contributed by atoms with Crippen LogP contribution in [0.25, 0.3) is 10.9 Å². The van der Waals surface area contributed by atoms with Crippen LogP contribution in [0, 0.1) is 0 Å². The third-order valence-corrected chi connectivity index (χ3v) is 5.42. The van der Waals surface area contributed by atoms with Crippen LogP contribution in [0.15, 0.2) is 54.7 Å². The first kappa shape index (κ1) is 16.4. The van der Waals surface area contributed by atoms with Crippen molar-refractivity contribution >= 4 is 28.2 Å². The van der Waals surface area contributed by atoms with Crippen molar-refractivity contribution in [2.45, 2.75) is 25.3 Å². The van der Waals surface area contributed by atoms with E-state index in [9.17, 15) is 0 Å². The Hall–Kier alpha value is -2.10. The molecule has 3 aromatic rings. The van der Waals surface area contributed by atoms with Gasteiger partial charge in [-0.15, -0.1) is 0 Å². The number of rotatable bonds is 3. The number of anilines is 1. The maximum absolute atomic E-state index is 6.50. The number of benzene rings is 2. The van der Waals surface area contributed by atoms with Gasteiger partial charge in [-0.05, 0) is 42.7 Å². The number of nitrogens with zero attached hydrogens (tertiary/aromatic N) is 2. The Labute approximate surface area is 153 Å². The van der Waals surface area contributed by atoms with Crippen LogP contribution in [0.5, 0.6) is 0 Å². The minimum atomic E-state index is -0.0883. The predicted octanol–water partition coefficient (Wildman–Crippen LogP) is 4.90. The molecule has 0 spiro atoms. The molecule has 2 unspecified atom stereocenters. The Balaban J connectivity index is 1.79. The number of nitrogens with two attached hydrogens (primary N) is 1. The van der Waals surface area contributed by atoms with Gasteiger partial charge in [-0.3, -0.25) is 4.98 Å². The first-order valence-electron chi connectivity index (χ1n) is 8.77. The Morgan fingerprint density at radius 2 is 2.00 bits per heavy atom. The monoisotopic (exact) mass is 351 g/mol. The van der Waals surface area contributed by atoms with Crippen molar-refractivity contribution < 1.29 is 0 Å². The zero-order valence-corrected chi connectivity index (χ0v) is 15.1. The number of pyridine rings is 1. The fourth-order valence-electron chi connectivity index (χ4n) is 3.85. The zero-order valence-electron chi connectivity index (χ0n) is 14.3. The molecule has 1 saturated heterocycles. The summed E-state index contributed by atoms with van der Waals surface area (Å²) in [5, 5.41) is 1.71. The first-order valence-corrected chi connectivity index (χ1v) is 9.15. The van der Waals surface area contributed by atoms with E-state index in [2.05, 4.69) is 40.2 Å². The lowest BCUT2D eigenvalue weighted by atomic mass is 9.98. The Bertz CT molecular complexity index is 892. The molecule has 1 aliphatic heterocycles. The molecule has 3 nitrogen and oxygen atoms in total. The molecule has 0 aliphatic carbocycles. The second kappa shape index (κ2) is 6.66. The van der Waals surface area contributed by atoms with E-state index in [1.807, 2.05) is 31.3 Å². The zero-order chi connectivity index (χ0) is 17.4. The third kappa shape index (κ3) is 2.99. The second-order valence-corrected chi connectivity index (χ2v) is 7.23. The van der Waals surface area contributed by atoms with Gasteiger partial charge in [0, 0.05) is 36.6 Å². The lowest BCUT2D eigenvalue weighted by Gasteiger charge is -2.25. The van der Waals surface area contributed by atoms with Gasteiger partial charge >= 0.3 is 0 Å². The summed E-state index contributed by atoms with van der Waals surface area (Å²) in [6, 6.07) is 16.6. The second-order valence-electron chi connectivity index (χ2n) is 6.83. The highest BCUT2D eigenvalue weighted by molar-refractivity contribution is 6.36. The lowest BCUT2D eigenvalue weighted by molar-refractivity contribution is 0.772. The van der Waals surface area contributed by atoms with E-state index in [-0.39, 0.29) is 6.04 Å². The number of hydrogen-bond donors (Lipinski definition) is 1. The molecule has 0 bridgehead atoms. The maximum Gasteiger partial charge on any atom is 0.0953 e. The smallest absolute Gasteiger partial charge is 0.0953 e. The van der Waals surface area contributed by atoms with Crippen LogP contribution in [0.4, 0.5) is 5.69 Å². The summed E-state index contributed by atoms with van der Waals surface area (Å²) >= 11 is 6.50. The quantitative estimate of drug-likeness (QED) is 0.729. The van der Waals surface area contributed by atoms with Crippen molar-refractivity contribution in [2.75, 3.05) is 18.0 Å². The van der Waals surface area contributed by atoms with E-state index in [0.717, 1.165) is 46.7 Å². The molecular weight excluding hydrogens is 330 g/mol. The van der Waals surface area contributed by atoms with Crippen molar-refractivity contribution in [2.24, 2.45) is 5.73 Å². The normalized spacial score (nSPS) is 18.7. The summed E-state index contributed by atoms with van der Waals surface area (Å²) in [4.78, 5) is 7.08. The van der Waals surface area contributed by atoms with Crippen LogP contribution in [0.3, 0.4) is 0 Å². The molecule has 4 heteroatoms. The molecule has 2 aromatic carbocycles. The summed E-state index contributed by atoms with van der Waals surface area (Å²) in [5.74, 6) is 0.538. The molecular formula is C21H22ClN3. The highest BCUT2D eigenvalue weighted by Gasteiger charge is 2.28. The van der Waals surface area contributed by atoms with Gasteiger partial charge < -0.3 is 10.6 Å². The minimum Gasteiger partial charge on any atom is -0.369 e. The predicted molar refractivity (Wildman–Crippen MR) is 105 cm³/mol. The summed E-state index contributed by atoms with van der Waals surface area (Å²) < 4.78 is 0. The molecule has 1 aromatic heterocycles. The summed E-state index contributed by atoms with van der Waals surface area (Å²) in [6.07, 6.45) is 2.97. The summed E-state index contributed by atoms with van der Waals surface area (Å²) in [6.45, 7) is 4.00. The van der Waals surface area contributed by atoms with Gasteiger partial charge in [0.1, 0.15) is 0 Å². The van der Waals surface area contributed by atoms with Gasteiger partial charge in [0.2, 0.25) is 0 Å². The van der Waals surface area contributed by atoms with Gasteiger partial charge in [-0.25, -0.2) is 0 Å². The maximum atomic E-state index is 6.50. The molecule has 2 N–H and O–H groups in total. The molecule has 128 valence electrons. The van der Waals surface area contributed by atoms with E-state index >= 15 is 0 Å². The number of aromatic nitrogens is 1. The van der Waals surface area contributed by atoms with Gasteiger partial charge in [0.15, 0.2) is 0 Å². The topological polar surface area (TPSA) is 42.1 Å². The molecule has 4 rings (SSSR count). The van der Waals surface area contributed by atoms with Crippen molar-refractivity contribution in [1.82, 2.24) is 4.98 Å². The van der Waals surface area contributed by atoms with Crippen LogP contribution in [0.2, 0.25) is 5.02 Å². The molecule has 1 aliphatic rings. The standard InChI is InChI=1S/C21H22ClN3/c1-14(23)18-12-19(22)17-8-5-10-24-20(17)21(18)25-11-9-16(13-25)15-6-3-2-4-7-15/h2-8,10,12,14,16H,9,11,13,23H2,1H3. The van der Waals surface area contributed by atoms with Crippen molar-refractivity contribution in [1.29, 1.82) is 0 Å². The number of hydrogen-bond acceptors (Lipinski definition) is 3. The molecule has 2 heterocycles. The average molecular weight is 352 g/mol. The van der Waals surface area contributed by atoms with E-state index in [1.54, 1.807) is 0 Å².